The van der Waals surface area contributed by atoms with Gasteiger partial charge >= 0.3 is 0 Å². The molecule has 0 aromatic heterocycles. The van der Waals surface area contributed by atoms with Crippen molar-refractivity contribution in [3.8, 4) is 0 Å². The summed E-state index contributed by atoms with van der Waals surface area (Å²) >= 11 is 0. The van der Waals surface area contributed by atoms with E-state index in [-0.39, 0.29) is 30.6 Å². The van der Waals surface area contributed by atoms with Gasteiger partial charge in [-0.1, -0.05) is 30.3 Å². The maximum atomic E-state index is 13.4. The highest BCUT2D eigenvalue weighted by Crippen LogP contribution is 2.15. The second kappa shape index (κ2) is 7.54. The Morgan fingerprint density at radius 2 is 1.86 bits per heavy atom. The first-order valence-electron chi connectivity index (χ1n) is 7.09. The van der Waals surface area contributed by atoms with Crippen molar-refractivity contribution in [2.45, 2.75) is 19.4 Å². The van der Waals surface area contributed by atoms with Crippen molar-refractivity contribution in [1.29, 1.82) is 0 Å². The van der Waals surface area contributed by atoms with E-state index in [1.54, 1.807) is 0 Å². The monoisotopic (exact) mass is 304 g/mol. The molecule has 5 heteroatoms. The van der Waals surface area contributed by atoms with Gasteiger partial charge in [0.15, 0.2) is 0 Å². The predicted octanol–water partition coefficient (Wildman–Crippen LogP) is 3.64. The third-order valence-electron chi connectivity index (χ3n) is 3.28. The maximum Gasteiger partial charge on any atom is 0.222 e. The Balaban J connectivity index is 1.78. The standard InChI is InChI=1S/C17H18F2N2O/c1-12(13-5-3-2-4-6-13)21-17(22)9-10-20-16-8-7-14(18)11-15(16)19/h2-8,11-12,20H,9-10H2,1H3,(H,21,22). The summed E-state index contributed by atoms with van der Waals surface area (Å²) in [4.78, 5) is 11.9. The molecule has 0 radical (unpaired) electrons. The van der Waals surface area contributed by atoms with Crippen LogP contribution >= 0.6 is 0 Å². The van der Waals surface area contributed by atoms with Crippen LogP contribution in [0.25, 0.3) is 0 Å². The van der Waals surface area contributed by atoms with Gasteiger partial charge in [0.2, 0.25) is 5.91 Å². The maximum absolute atomic E-state index is 13.4. The van der Waals surface area contributed by atoms with E-state index in [1.807, 2.05) is 37.3 Å². The van der Waals surface area contributed by atoms with E-state index < -0.39 is 11.6 Å². The van der Waals surface area contributed by atoms with E-state index in [1.165, 1.54) is 12.1 Å². The smallest absolute Gasteiger partial charge is 0.222 e. The number of hydrogen-bond acceptors (Lipinski definition) is 2. The number of carbonyl (C=O) groups is 1. The minimum absolute atomic E-state index is 0.0868. The molecule has 1 amide bonds. The third-order valence-corrected chi connectivity index (χ3v) is 3.28. The van der Waals surface area contributed by atoms with E-state index in [0.717, 1.165) is 11.6 Å². The lowest BCUT2D eigenvalue weighted by atomic mass is 10.1. The van der Waals surface area contributed by atoms with Crippen LogP contribution in [0.15, 0.2) is 48.5 Å². The number of amides is 1. The average molecular weight is 304 g/mol. The SMILES string of the molecule is CC(NC(=O)CCNc1ccc(F)cc1F)c1ccccc1. The molecular formula is C17H18F2N2O. The number of nitrogens with one attached hydrogen (secondary N) is 2. The molecule has 0 bridgehead atoms. The molecule has 0 aliphatic carbocycles. The van der Waals surface area contributed by atoms with Crippen LogP contribution in [-0.2, 0) is 4.79 Å². The summed E-state index contributed by atoms with van der Waals surface area (Å²) in [5, 5.41) is 5.66. The molecule has 1 atom stereocenters. The Bertz CT molecular complexity index is 632. The highest BCUT2D eigenvalue weighted by Gasteiger charge is 2.09. The van der Waals surface area contributed by atoms with Crippen molar-refractivity contribution in [3.63, 3.8) is 0 Å². The first-order chi connectivity index (χ1) is 10.6. The fourth-order valence-electron chi connectivity index (χ4n) is 2.08. The molecule has 2 N–H and O–H groups in total. The zero-order chi connectivity index (χ0) is 15.9. The lowest BCUT2D eigenvalue weighted by molar-refractivity contribution is -0.121. The Kier molecular flexibility index (Phi) is 5.47. The molecule has 3 nitrogen and oxygen atoms in total. The summed E-state index contributed by atoms with van der Waals surface area (Å²) < 4.78 is 26.2. The first-order valence-corrected chi connectivity index (χ1v) is 7.09. The summed E-state index contributed by atoms with van der Waals surface area (Å²) in [6.45, 7) is 2.18. The zero-order valence-corrected chi connectivity index (χ0v) is 12.3. The van der Waals surface area contributed by atoms with Gasteiger partial charge in [-0.3, -0.25) is 4.79 Å². The minimum Gasteiger partial charge on any atom is -0.382 e. The summed E-state index contributed by atoms with van der Waals surface area (Å²) in [5.41, 5.74) is 1.21. The van der Waals surface area contributed by atoms with Gasteiger partial charge in [-0.2, -0.15) is 0 Å². The predicted molar refractivity (Wildman–Crippen MR) is 82.5 cm³/mol. The topological polar surface area (TPSA) is 41.1 Å². The van der Waals surface area contributed by atoms with Crippen LogP contribution in [0.2, 0.25) is 0 Å². The van der Waals surface area contributed by atoms with E-state index >= 15 is 0 Å². The van der Waals surface area contributed by atoms with Crippen LogP contribution in [0.1, 0.15) is 24.9 Å². The quantitative estimate of drug-likeness (QED) is 0.855. The Morgan fingerprint density at radius 1 is 1.14 bits per heavy atom. The number of anilines is 1. The van der Waals surface area contributed by atoms with Crippen molar-refractivity contribution >= 4 is 11.6 Å². The third kappa shape index (κ3) is 4.55. The molecule has 2 aromatic rings. The van der Waals surface area contributed by atoms with E-state index in [9.17, 15) is 13.6 Å². The lowest BCUT2D eigenvalue weighted by Crippen LogP contribution is -2.28. The van der Waals surface area contributed by atoms with Gasteiger partial charge < -0.3 is 10.6 Å². The van der Waals surface area contributed by atoms with Crippen LogP contribution in [0.5, 0.6) is 0 Å². The molecule has 0 aliphatic heterocycles. The summed E-state index contributed by atoms with van der Waals surface area (Å²) in [6, 6.07) is 12.8. The van der Waals surface area contributed by atoms with E-state index in [0.29, 0.717) is 0 Å². The van der Waals surface area contributed by atoms with Gasteiger partial charge in [0.25, 0.3) is 0 Å². The summed E-state index contributed by atoms with van der Waals surface area (Å²) in [5.74, 6) is -1.43. The second-order valence-electron chi connectivity index (χ2n) is 5.00. The number of benzene rings is 2. The van der Waals surface area contributed by atoms with Crippen molar-refractivity contribution in [3.05, 3.63) is 65.7 Å². The molecule has 0 saturated carbocycles. The normalized spacial score (nSPS) is 11.8. The Hall–Kier alpha value is -2.43. The lowest BCUT2D eigenvalue weighted by Gasteiger charge is -2.14. The highest BCUT2D eigenvalue weighted by atomic mass is 19.1. The fraction of sp³-hybridized carbons (Fsp3) is 0.235. The largest absolute Gasteiger partial charge is 0.382 e. The van der Waals surface area contributed by atoms with Crippen molar-refractivity contribution in [2.75, 3.05) is 11.9 Å². The number of halogens is 2. The van der Waals surface area contributed by atoms with Crippen LogP contribution in [0.3, 0.4) is 0 Å². The van der Waals surface area contributed by atoms with Crippen LogP contribution < -0.4 is 10.6 Å². The second-order valence-corrected chi connectivity index (χ2v) is 5.00. The van der Waals surface area contributed by atoms with Crippen molar-refractivity contribution in [2.24, 2.45) is 0 Å². The highest BCUT2D eigenvalue weighted by molar-refractivity contribution is 5.77. The fourth-order valence-corrected chi connectivity index (χ4v) is 2.08. The Labute approximate surface area is 128 Å². The van der Waals surface area contributed by atoms with Crippen LogP contribution in [0, 0.1) is 11.6 Å². The molecule has 0 heterocycles. The minimum atomic E-state index is -0.668. The van der Waals surface area contributed by atoms with Crippen LogP contribution in [-0.4, -0.2) is 12.5 Å². The molecule has 116 valence electrons. The molecule has 0 aliphatic rings. The van der Waals surface area contributed by atoms with Crippen LogP contribution in [0.4, 0.5) is 14.5 Å². The van der Waals surface area contributed by atoms with Gasteiger partial charge in [0.1, 0.15) is 11.6 Å². The van der Waals surface area contributed by atoms with Crippen molar-refractivity contribution < 1.29 is 13.6 Å². The molecular weight excluding hydrogens is 286 g/mol. The van der Waals surface area contributed by atoms with Gasteiger partial charge in [0, 0.05) is 19.0 Å². The number of carbonyl (C=O) groups excluding carboxylic acids is 1. The number of hydrogen-bond donors (Lipinski definition) is 2. The van der Waals surface area contributed by atoms with E-state index in [4.69, 9.17) is 0 Å². The van der Waals surface area contributed by atoms with E-state index in [2.05, 4.69) is 10.6 Å². The average Bonchev–Trinajstić information content (AvgIpc) is 2.50. The first kappa shape index (κ1) is 15.9. The zero-order valence-electron chi connectivity index (χ0n) is 12.3. The summed E-state index contributed by atoms with van der Waals surface area (Å²) in [6.07, 6.45) is 0.202. The molecule has 0 spiro atoms. The molecule has 2 aromatic carbocycles. The molecule has 2 rings (SSSR count). The van der Waals surface area contributed by atoms with Crippen molar-refractivity contribution in [1.82, 2.24) is 5.32 Å². The van der Waals surface area contributed by atoms with Gasteiger partial charge in [-0.05, 0) is 24.6 Å². The molecule has 1 unspecified atom stereocenters. The van der Waals surface area contributed by atoms with Gasteiger partial charge in [0.05, 0.1) is 11.7 Å². The molecule has 22 heavy (non-hydrogen) atoms. The van der Waals surface area contributed by atoms with Gasteiger partial charge in [-0.25, -0.2) is 8.78 Å². The molecule has 0 fully saturated rings. The molecule has 0 saturated heterocycles. The van der Waals surface area contributed by atoms with Gasteiger partial charge in [-0.15, -0.1) is 0 Å². The number of rotatable bonds is 6. The Morgan fingerprint density at radius 3 is 2.55 bits per heavy atom. The summed E-state index contributed by atoms with van der Waals surface area (Å²) in [7, 11) is 0.